The first-order valence-corrected chi connectivity index (χ1v) is 24.2. The van der Waals surface area contributed by atoms with Crippen LogP contribution in [0.4, 0.5) is 13.2 Å². The van der Waals surface area contributed by atoms with Gasteiger partial charge in [0.05, 0.1) is 29.2 Å². The molecule has 1 N–H and O–H groups in total. The van der Waals surface area contributed by atoms with E-state index in [4.69, 9.17) is 9.47 Å². The Labute approximate surface area is 397 Å². The highest BCUT2D eigenvalue weighted by Gasteiger charge is 2.49. The molecule has 12 nitrogen and oxygen atoms in total. The quantitative estimate of drug-likeness (QED) is 0.126. The number of piperidine rings is 1. The molecule has 4 heterocycles. The summed E-state index contributed by atoms with van der Waals surface area (Å²) in [6, 6.07) is 20.9. The van der Waals surface area contributed by atoms with Gasteiger partial charge in [0.2, 0.25) is 11.8 Å². The lowest BCUT2D eigenvalue weighted by Crippen LogP contribution is -2.49. The molecule has 1 unspecified atom stereocenters. The number of halogens is 3. The van der Waals surface area contributed by atoms with Gasteiger partial charge in [0.25, 0.3) is 5.91 Å². The monoisotopic (exact) mass is 941 g/mol. The molecule has 366 valence electrons. The molecular formula is C53H67F3N6O6. The van der Waals surface area contributed by atoms with Crippen molar-refractivity contribution < 1.29 is 37.0 Å². The zero-order valence-corrected chi connectivity index (χ0v) is 40.4. The zero-order chi connectivity index (χ0) is 48.6. The van der Waals surface area contributed by atoms with E-state index in [2.05, 4.69) is 66.5 Å². The molecule has 1 aromatic heterocycles. The van der Waals surface area contributed by atoms with Gasteiger partial charge < -0.3 is 14.4 Å². The fraction of sp³-hybridized carbons (Fsp3) is 0.547. The topological polar surface area (TPSA) is 118 Å². The smallest absolute Gasteiger partial charge is 0.395 e. The third kappa shape index (κ3) is 10.6. The number of hydrogen-bond acceptors (Lipinski definition) is 8. The van der Waals surface area contributed by atoms with E-state index in [0.717, 1.165) is 74.2 Å². The summed E-state index contributed by atoms with van der Waals surface area (Å²) in [5.74, 6) is 0.316. The predicted molar refractivity (Wildman–Crippen MR) is 256 cm³/mol. The number of nitrogens with one attached hydrogen (secondary N) is 1. The lowest BCUT2D eigenvalue weighted by atomic mass is 9.67. The molecule has 3 amide bonds. The number of aryl methyl sites for hydroxylation is 1. The lowest BCUT2D eigenvalue weighted by Gasteiger charge is -2.46. The fourth-order valence-corrected chi connectivity index (χ4v) is 11.1. The first-order valence-electron chi connectivity index (χ1n) is 24.2. The largest absolute Gasteiger partial charge is 0.497 e. The molecule has 4 aromatic rings. The number of imide groups is 1. The number of fused-ring (bicyclic) bond motifs is 1. The van der Waals surface area contributed by atoms with Crippen molar-refractivity contribution in [1.82, 2.24) is 29.2 Å². The molecule has 3 aromatic carbocycles. The molecule has 3 aliphatic heterocycles. The highest BCUT2D eigenvalue weighted by Crippen LogP contribution is 2.45. The number of piperazine rings is 1. The maximum Gasteiger partial charge on any atom is 0.395 e. The third-order valence-electron chi connectivity index (χ3n) is 15.1. The number of alkyl halides is 3. The number of methoxy groups -OCH3 is 1. The van der Waals surface area contributed by atoms with Gasteiger partial charge in [0, 0.05) is 76.9 Å². The van der Waals surface area contributed by atoms with E-state index in [1.165, 1.54) is 28.6 Å². The van der Waals surface area contributed by atoms with Gasteiger partial charge in [-0.2, -0.15) is 13.2 Å². The Morgan fingerprint density at radius 3 is 2.28 bits per heavy atom. The Balaban J connectivity index is 0.860. The van der Waals surface area contributed by atoms with Crippen LogP contribution in [0.25, 0.3) is 16.6 Å². The van der Waals surface area contributed by atoms with Crippen LogP contribution in [0.15, 0.2) is 77.6 Å². The van der Waals surface area contributed by atoms with Crippen LogP contribution in [-0.4, -0.2) is 113 Å². The number of rotatable bonds is 14. The normalized spacial score (nSPS) is 22.9. The molecule has 68 heavy (non-hydrogen) atoms. The number of nitrogens with zero attached hydrogens (tertiary/aromatic N) is 5. The molecule has 15 heteroatoms. The van der Waals surface area contributed by atoms with E-state index >= 15 is 0 Å². The van der Waals surface area contributed by atoms with Gasteiger partial charge in [-0.25, -0.2) is 4.79 Å². The Kier molecular flexibility index (Phi) is 14.2. The van der Waals surface area contributed by atoms with Crippen LogP contribution >= 0.6 is 0 Å². The lowest BCUT2D eigenvalue weighted by molar-refractivity contribution is -0.217. The second-order valence-corrected chi connectivity index (χ2v) is 20.9. The van der Waals surface area contributed by atoms with Crippen molar-refractivity contribution in [3.05, 3.63) is 106 Å². The van der Waals surface area contributed by atoms with Crippen LogP contribution in [0, 0.1) is 11.3 Å². The van der Waals surface area contributed by atoms with Gasteiger partial charge in [-0.05, 0) is 138 Å². The van der Waals surface area contributed by atoms with Crippen molar-refractivity contribution in [3.63, 3.8) is 0 Å². The van der Waals surface area contributed by atoms with Crippen LogP contribution in [0.3, 0.4) is 0 Å². The van der Waals surface area contributed by atoms with Crippen molar-refractivity contribution in [2.24, 2.45) is 18.4 Å². The first kappa shape index (κ1) is 49.2. The number of imidazole rings is 1. The van der Waals surface area contributed by atoms with E-state index in [1.54, 1.807) is 32.4 Å². The molecule has 0 saturated carbocycles. The van der Waals surface area contributed by atoms with E-state index < -0.39 is 23.5 Å². The summed E-state index contributed by atoms with van der Waals surface area (Å²) in [6.07, 6.45) is 3.59. The number of benzene rings is 3. The minimum atomic E-state index is -4.35. The molecule has 3 fully saturated rings. The minimum absolute atomic E-state index is 0.0981. The van der Waals surface area contributed by atoms with Gasteiger partial charge >= 0.3 is 11.9 Å². The molecule has 1 aliphatic carbocycles. The fourth-order valence-electron chi connectivity index (χ4n) is 11.1. The Morgan fingerprint density at radius 1 is 0.926 bits per heavy atom. The van der Waals surface area contributed by atoms with Crippen molar-refractivity contribution in [2.45, 2.75) is 109 Å². The number of ether oxygens (including phenoxy) is 2. The van der Waals surface area contributed by atoms with Gasteiger partial charge in [0.1, 0.15) is 11.8 Å². The van der Waals surface area contributed by atoms with E-state index in [-0.39, 0.29) is 47.9 Å². The minimum Gasteiger partial charge on any atom is -0.497 e. The van der Waals surface area contributed by atoms with Crippen LogP contribution in [0.2, 0.25) is 0 Å². The maximum absolute atomic E-state index is 14.4. The number of aromatic nitrogens is 2. The molecule has 0 bridgehead atoms. The molecular weight excluding hydrogens is 874 g/mol. The summed E-state index contributed by atoms with van der Waals surface area (Å²) in [5.41, 5.74) is 3.30. The summed E-state index contributed by atoms with van der Waals surface area (Å²) < 4.78 is 57.6. The van der Waals surface area contributed by atoms with E-state index in [9.17, 15) is 32.3 Å². The summed E-state index contributed by atoms with van der Waals surface area (Å²) in [4.78, 5) is 57.6. The third-order valence-corrected chi connectivity index (χ3v) is 15.1. The van der Waals surface area contributed by atoms with Gasteiger partial charge in [-0.15, -0.1) is 0 Å². The Hall–Kier alpha value is -5.25. The Morgan fingerprint density at radius 2 is 1.65 bits per heavy atom. The first-order chi connectivity index (χ1) is 32.2. The van der Waals surface area contributed by atoms with Crippen LogP contribution in [0.5, 0.6) is 5.75 Å². The predicted octanol–water partition coefficient (Wildman–Crippen LogP) is 8.28. The second kappa shape index (κ2) is 19.6. The maximum atomic E-state index is 14.4. The summed E-state index contributed by atoms with van der Waals surface area (Å²) in [6.45, 7) is 11.8. The van der Waals surface area contributed by atoms with Gasteiger partial charge in [-0.3, -0.25) is 38.6 Å². The van der Waals surface area contributed by atoms with E-state index in [0.29, 0.717) is 61.7 Å². The zero-order valence-electron chi connectivity index (χ0n) is 40.4. The van der Waals surface area contributed by atoms with Gasteiger partial charge in [0.15, 0.2) is 0 Å². The highest BCUT2D eigenvalue weighted by atomic mass is 19.4. The second-order valence-electron chi connectivity index (χ2n) is 20.9. The van der Waals surface area contributed by atoms with Crippen molar-refractivity contribution in [3.8, 4) is 5.75 Å². The molecule has 3 atom stereocenters. The number of carbonyl (C=O) groups excluding carboxylic acids is 3. The van der Waals surface area contributed by atoms with E-state index in [1.807, 2.05) is 21.9 Å². The van der Waals surface area contributed by atoms with Crippen LogP contribution in [0.1, 0.15) is 112 Å². The van der Waals surface area contributed by atoms with Gasteiger partial charge in [-0.1, -0.05) is 42.5 Å². The molecule has 4 aliphatic rings. The van der Waals surface area contributed by atoms with Crippen molar-refractivity contribution >= 4 is 34.3 Å². The highest BCUT2D eigenvalue weighted by molar-refractivity contribution is 6.01. The summed E-state index contributed by atoms with van der Waals surface area (Å²) >= 11 is 0. The Bertz CT molecular complexity index is 2570. The SMILES string of the molecule is COc1ccc([C@]2(CCN(Cc3ccc(C4=CC[C@H](CN5CCN(C(=O)c6ccc7c(c6)n(C)c(=O)n7C6CCC(=O)NC6=O)CC5)CC4)cc3)CC(C)(C)C(F)(F)F)CCOC(C)(C)C2)cc1. The molecule has 8 rings (SSSR count). The number of carbonyl (C=O) groups is 3. The molecule has 0 spiro atoms. The molecule has 3 saturated heterocycles. The standard InChI is InChI=1S/C53H67F3N6O6/c1-50(2,53(54,55)56)35-60(25-23-52(24-30-68-51(3,4)34-52)41-16-18-42(67-6)19-17-41)33-37-9-13-39(14-10-37)38-11-7-36(8-12-38)32-59-26-28-61(29-27-59)48(65)40-15-20-43-45(31-40)58(5)49(66)62(43)44-21-22-46(63)57-47(44)64/h9-11,13-20,31,36,44H,7-8,12,21-30,32-35H2,1-6H3,(H,57,63,64)/t36-,44?,52+/m0/s1. The van der Waals surface area contributed by atoms with Crippen molar-refractivity contribution in [2.75, 3.05) is 59.5 Å². The summed E-state index contributed by atoms with van der Waals surface area (Å²) in [7, 11) is 3.27. The van der Waals surface area contributed by atoms with Crippen molar-refractivity contribution in [1.29, 1.82) is 0 Å². The average molecular weight is 941 g/mol. The average Bonchev–Trinajstić information content (AvgIpc) is 3.55. The summed E-state index contributed by atoms with van der Waals surface area (Å²) in [5, 5.41) is 2.33. The number of hydrogen-bond donors (Lipinski definition) is 1. The van der Waals surface area contributed by atoms with Crippen LogP contribution in [-0.2, 0) is 33.3 Å². The molecule has 0 radical (unpaired) electrons. The number of amides is 3. The number of allylic oxidation sites excluding steroid dienone is 2. The van der Waals surface area contributed by atoms with Crippen LogP contribution < -0.4 is 15.7 Å².